The number of amides is 2. The Kier molecular flexibility index (Phi) is 8.55. The van der Waals surface area contributed by atoms with Gasteiger partial charge in [-0.05, 0) is 54.0 Å². The zero-order valence-electron chi connectivity index (χ0n) is 18.6. The van der Waals surface area contributed by atoms with Crippen LogP contribution in [0.5, 0.6) is 5.75 Å². The lowest BCUT2D eigenvalue weighted by molar-refractivity contribution is 0.0950. The average Bonchev–Trinajstić information content (AvgIpc) is 2.82. The number of nitrogens with one attached hydrogen (secondary N) is 3. The lowest BCUT2D eigenvalue weighted by Gasteiger charge is -2.14. The standard InChI is InChI=1S/C26H27N3O3S/c1-18(2)17-32-21-12-8-11-20(15-21)24(30)29-26(33)28-23-14-7-6-13-22(23)25(31)27-16-19-9-4-3-5-10-19/h3-15,18H,16-17H2,1-2H3,(H,27,31)(H2,28,29,30,33). The summed E-state index contributed by atoms with van der Waals surface area (Å²) in [6.45, 7) is 5.08. The molecule has 2 amide bonds. The van der Waals surface area contributed by atoms with Crippen molar-refractivity contribution >= 4 is 34.8 Å². The summed E-state index contributed by atoms with van der Waals surface area (Å²) in [6, 6.07) is 23.6. The number of hydrogen-bond acceptors (Lipinski definition) is 4. The summed E-state index contributed by atoms with van der Waals surface area (Å²) < 4.78 is 5.68. The zero-order valence-corrected chi connectivity index (χ0v) is 19.4. The molecule has 6 nitrogen and oxygen atoms in total. The van der Waals surface area contributed by atoms with Gasteiger partial charge in [0, 0.05) is 12.1 Å². The third-order valence-electron chi connectivity index (χ3n) is 4.62. The van der Waals surface area contributed by atoms with Gasteiger partial charge in [-0.1, -0.05) is 62.4 Å². The van der Waals surface area contributed by atoms with E-state index in [1.807, 2.05) is 30.3 Å². The molecule has 0 aliphatic carbocycles. The van der Waals surface area contributed by atoms with Gasteiger partial charge in [0.05, 0.1) is 17.9 Å². The fourth-order valence-corrected chi connectivity index (χ4v) is 3.19. The Hall–Kier alpha value is -3.71. The molecule has 3 aromatic carbocycles. The number of carbonyl (C=O) groups is 2. The molecule has 0 aliphatic rings. The zero-order chi connectivity index (χ0) is 23.6. The van der Waals surface area contributed by atoms with Gasteiger partial charge in [-0.15, -0.1) is 0 Å². The van der Waals surface area contributed by atoms with E-state index in [0.29, 0.717) is 41.6 Å². The molecule has 7 heteroatoms. The van der Waals surface area contributed by atoms with E-state index >= 15 is 0 Å². The number of hydrogen-bond donors (Lipinski definition) is 3. The molecule has 3 N–H and O–H groups in total. The lowest BCUT2D eigenvalue weighted by Crippen LogP contribution is -2.35. The van der Waals surface area contributed by atoms with Gasteiger partial charge in [0.1, 0.15) is 5.75 Å². The number of ether oxygens (including phenoxy) is 1. The summed E-state index contributed by atoms with van der Waals surface area (Å²) >= 11 is 5.31. The molecular formula is C26H27N3O3S. The highest BCUT2D eigenvalue weighted by Crippen LogP contribution is 2.16. The van der Waals surface area contributed by atoms with Gasteiger partial charge in [-0.25, -0.2) is 0 Å². The van der Waals surface area contributed by atoms with Crippen LogP contribution in [0.4, 0.5) is 5.69 Å². The molecule has 0 fully saturated rings. The van der Waals surface area contributed by atoms with Crippen molar-refractivity contribution < 1.29 is 14.3 Å². The van der Waals surface area contributed by atoms with E-state index in [9.17, 15) is 9.59 Å². The lowest BCUT2D eigenvalue weighted by atomic mass is 10.1. The minimum Gasteiger partial charge on any atom is -0.493 e. The van der Waals surface area contributed by atoms with Crippen LogP contribution in [0.15, 0.2) is 78.9 Å². The molecule has 170 valence electrons. The van der Waals surface area contributed by atoms with Crippen LogP contribution in [-0.2, 0) is 6.54 Å². The van der Waals surface area contributed by atoms with Crippen LogP contribution in [0.2, 0.25) is 0 Å². The van der Waals surface area contributed by atoms with E-state index < -0.39 is 0 Å². The Bertz CT molecular complexity index is 1120. The van der Waals surface area contributed by atoms with E-state index in [2.05, 4.69) is 29.8 Å². The smallest absolute Gasteiger partial charge is 0.257 e. The van der Waals surface area contributed by atoms with Crippen molar-refractivity contribution in [2.75, 3.05) is 11.9 Å². The van der Waals surface area contributed by atoms with Crippen LogP contribution in [0.1, 0.15) is 40.1 Å². The predicted octanol–water partition coefficient (Wildman–Crippen LogP) is 4.78. The van der Waals surface area contributed by atoms with Crippen LogP contribution < -0.4 is 20.7 Å². The highest BCUT2D eigenvalue weighted by atomic mass is 32.1. The number of benzene rings is 3. The van der Waals surface area contributed by atoms with Gasteiger partial charge in [-0.2, -0.15) is 0 Å². The summed E-state index contributed by atoms with van der Waals surface area (Å²) in [4.78, 5) is 25.4. The van der Waals surface area contributed by atoms with Crippen molar-refractivity contribution in [1.29, 1.82) is 0 Å². The number of thiocarbonyl (C=S) groups is 1. The third kappa shape index (κ3) is 7.43. The maximum atomic E-state index is 12.7. The molecule has 0 heterocycles. The largest absolute Gasteiger partial charge is 0.493 e. The van der Waals surface area contributed by atoms with Gasteiger partial charge in [0.25, 0.3) is 11.8 Å². The van der Waals surface area contributed by atoms with Crippen molar-refractivity contribution in [3.05, 3.63) is 95.6 Å². The van der Waals surface area contributed by atoms with Crippen molar-refractivity contribution in [3.8, 4) is 5.75 Å². The molecular weight excluding hydrogens is 434 g/mol. The minimum absolute atomic E-state index is 0.0943. The molecule has 0 saturated carbocycles. The molecule has 0 aliphatic heterocycles. The monoisotopic (exact) mass is 461 g/mol. The van der Waals surface area contributed by atoms with E-state index in [1.54, 1.807) is 48.5 Å². The minimum atomic E-state index is -0.367. The highest BCUT2D eigenvalue weighted by molar-refractivity contribution is 7.80. The highest BCUT2D eigenvalue weighted by Gasteiger charge is 2.14. The van der Waals surface area contributed by atoms with E-state index in [0.717, 1.165) is 5.56 Å². The van der Waals surface area contributed by atoms with E-state index in [4.69, 9.17) is 17.0 Å². The van der Waals surface area contributed by atoms with Crippen molar-refractivity contribution in [2.24, 2.45) is 5.92 Å². The number of para-hydroxylation sites is 1. The van der Waals surface area contributed by atoms with Crippen molar-refractivity contribution in [1.82, 2.24) is 10.6 Å². The van der Waals surface area contributed by atoms with Gasteiger partial charge >= 0.3 is 0 Å². The Balaban J connectivity index is 1.61. The number of rotatable bonds is 8. The van der Waals surface area contributed by atoms with Crippen LogP contribution >= 0.6 is 12.2 Å². The first-order chi connectivity index (χ1) is 15.9. The molecule has 0 atom stereocenters. The summed E-state index contributed by atoms with van der Waals surface area (Å²) in [5.74, 6) is 0.388. The summed E-state index contributed by atoms with van der Waals surface area (Å²) in [5, 5.41) is 8.60. The maximum Gasteiger partial charge on any atom is 0.257 e. The van der Waals surface area contributed by atoms with Crippen molar-refractivity contribution in [3.63, 3.8) is 0 Å². The second-order valence-corrected chi connectivity index (χ2v) is 8.26. The van der Waals surface area contributed by atoms with Crippen LogP contribution in [0, 0.1) is 5.92 Å². The third-order valence-corrected chi connectivity index (χ3v) is 4.83. The van der Waals surface area contributed by atoms with Crippen LogP contribution in [0.3, 0.4) is 0 Å². The Morgan fingerprint density at radius 3 is 2.39 bits per heavy atom. The molecule has 0 aromatic heterocycles. The second-order valence-electron chi connectivity index (χ2n) is 7.85. The summed E-state index contributed by atoms with van der Waals surface area (Å²) in [5.41, 5.74) is 2.35. The molecule has 0 saturated heterocycles. The first-order valence-corrected chi connectivity index (χ1v) is 11.1. The fraction of sp³-hybridized carbons (Fsp3) is 0.192. The summed E-state index contributed by atoms with van der Waals surface area (Å²) in [6.07, 6.45) is 0. The first kappa shape index (κ1) is 23.9. The van der Waals surface area contributed by atoms with E-state index in [1.165, 1.54) is 0 Å². The van der Waals surface area contributed by atoms with Gasteiger partial charge in [0.15, 0.2) is 5.11 Å². The first-order valence-electron chi connectivity index (χ1n) is 10.7. The normalized spacial score (nSPS) is 10.4. The van der Waals surface area contributed by atoms with Gasteiger partial charge < -0.3 is 15.4 Å². The van der Waals surface area contributed by atoms with Gasteiger partial charge in [-0.3, -0.25) is 14.9 Å². The Labute approximate surface area is 199 Å². The maximum absolute atomic E-state index is 12.7. The Morgan fingerprint density at radius 1 is 0.909 bits per heavy atom. The average molecular weight is 462 g/mol. The molecule has 0 unspecified atom stereocenters. The Morgan fingerprint density at radius 2 is 1.64 bits per heavy atom. The summed E-state index contributed by atoms with van der Waals surface area (Å²) in [7, 11) is 0. The SMILES string of the molecule is CC(C)COc1cccc(C(=O)NC(=S)Nc2ccccc2C(=O)NCc2ccccc2)c1. The molecule has 0 radical (unpaired) electrons. The van der Waals surface area contributed by atoms with Crippen LogP contribution in [0.25, 0.3) is 0 Å². The molecule has 33 heavy (non-hydrogen) atoms. The predicted molar refractivity (Wildman–Crippen MR) is 135 cm³/mol. The number of anilines is 1. The van der Waals surface area contributed by atoms with Crippen molar-refractivity contribution in [2.45, 2.75) is 20.4 Å². The molecule has 0 bridgehead atoms. The topological polar surface area (TPSA) is 79.5 Å². The van der Waals surface area contributed by atoms with E-state index in [-0.39, 0.29) is 16.9 Å². The molecule has 3 aromatic rings. The molecule has 3 rings (SSSR count). The fourth-order valence-electron chi connectivity index (χ4n) is 2.98. The van der Waals surface area contributed by atoms with Crippen LogP contribution in [-0.4, -0.2) is 23.5 Å². The number of carbonyl (C=O) groups excluding carboxylic acids is 2. The second kappa shape index (κ2) is 11.8. The quantitative estimate of drug-likeness (QED) is 0.421. The van der Waals surface area contributed by atoms with Gasteiger partial charge in [0.2, 0.25) is 0 Å². The molecule has 0 spiro atoms.